The van der Waals surface area contributed by atoms with Crippen LogP contribution in [0.4, 0.5) is 0 Å². The van der Waals surface area contributed by atoms with Crippen molar-refractivity contribution in [3.8, 4) is 0 Å². The smallest absolute Gasteiger partial charge is 0.137 e. The van der Waals surface area contributed by atoms with Crippen LogP contribution in [0.2, 0.25) is 0 Å². The quantitative estimate of drug-likeness (QED) is 0.868. The highest BCUT2D eigenvalue weighted by Crippen LogP contribution is 2.13. The molecule has 2 aromatic rings. The van der Waals surface area contributed by atoms with Gasteiger partial charge in [0.1, 0.15) is 5.65 Å². The SMILES string of the molecule is Brc1ccc2nc(CCN3CCOCC3)cn2c1. The standard InChI is InChI=1S/C13H16BrN3O/c14-11-1-2-13-15-12(10-17(13)9-11)3-4-16-5-7-18-8-6-16/h1-2,9-10H,3-8H2. The molecular weight excluding hydrogens is 294 g/mol. The molecule has 1 fully saturated rings. The number of morpholine rings is 1. The Hall–Kier alpha value is -0.910. The molecule has 3 heterocycles. The molecule has 1 aliphatic heterocycles. The molecule has 96 valence electrons. The Labute approximate surface area is 115 Å². The lowest BCUT2D eigenvalue weighted by molar-refractivity contribution is 0.0383. The van der Waals surface area contributed by atoms with Crippen molar-refractivity contribution in [3.05, 3.63) is 34.7 Å². The second-order valence-corrected chi connectivity index (χ2v) is 5.46. The third-order valence-corrected chi connectivity index (χ3v) is 3.72. The second kappa shape index (κ2) is 5.38. The van der Waals surface area contributed by atoms with Gasteiger partial charge in [-0.3, -0.25) is 4.90 Å². The Balaban J connectivity index is 1.67. The summed E-state index contributed by atoms with van der Waals surface area (Å²) in [6.07, 6.45) is 5.15. The lowest BCUT2D eigenvalue weighted by Crippen LogP contribution is -2.37. The fourth-order valence-electron chi connectivity index (χ4n) is 2.24. The Morgan fingerprint density at radius 3 is 2.89 bits per heavy atom. The van der Waals surface area contributed by atoms with Gasteiger partial charge < -0.3 is 9.14 Å². The predicted molar refractivity (Wildman–Crippen MR) is 73.9 cm³/mol. The van der Waals surface area contributed by atoms with Gasteiger partial charge in [-0.15, -0.1) is 0 Å². The van der Waals surface area contributed by atoms with E-state index in [0.717, 1.165) is 55.1 Å². The maximum atomic E-state index is 5.35. The molecule has 2 aromatic heterocycles. The number of fused-ring (bicyclic) bond motifs is 1. The molecule has 0 unspecified atom stereocenters. The molecule has 4 nitrogen and oxygen atoms in total. The summed E-state index contributed by atoms with van der Waals surface area (Å²) in [5.74, 6) is 0. The molecule has 5 heteroatoms. The first-order valence-electron chi connectivity index (χ1n) is 6.24. The lowest BCUT2D eigenvalue weighted by atomic mass is 10.3. The van der Waals surface area contributed by atoms with Gasteiger partial charge in [-0.25, -0.2) is 4.98 Å². The van der Waals surface area contributed by atoms with E-state index in [9.17, 15) is 0 Å². The zero-order valence-corrected chi connectivity index (χ0v) is 11.8. The summed E-state index contributed by atoms with van der Waals surface area (Å²) in [4.78, 5) is 7.06. The van der Waals surface area contributed by atoms with Gasteiger partial charge in [-0.05, 0) is 28.1 Å². The molecule has 0 atom stereocenters. The van der Waals surface area contributed by atoms with Crippen LogP contribution in [0.25, 0.3) is 5.65 Å². The lowest BCUT2D eigenvalue weighted by Gasteiger charge is -2.26. The van der Waals surface area contributed by atoms with Gasteiger partial charge in [0.05, 0.1) is 18.9 Å². The average molecular weight is 310 g/mol. The number of aromatic nitrogens is 2. The van der Waals surface area contributed by atoms with E-state index < -0.39 is 0 Å². The molecule has 0 aliphatic carbocycles. The summed E-state index contributed by atoms with van der Waals surface area (Å²) < 4.78 is 8.49. The minimum atomic E-state index is 0.859. The van der Waals surface area contributed by atoms with Crippen LogP contribution in [-0.2, 0) is 11.2 Å². The van der Waals surface area contributed by atoms with Crippen LogP contribution in [0.15, 0.2) is 29.0 Å². The van der Waals surface area contributed by atoms with Crippen LogP contribution in [0.1, 0.15) is 5.69 Å². The van der Waals surface area contributed by atoms with Crippen molar-refractivity contribution in [3.63, 3.8) is 0 Å². The first-order chi connectivity index (χ1) is 8.81. The number of ether oxygens (including phenoxy) is 1. The largest absolute Gasteiger partial charge is 0.379 e. The van der Waals surface area contributed by atoms with Gasteiger partial charge in [0.25, 0.3) is 0 Å². The minimum Gasteiger partial charge on any atom is -0.379 e. The Morgan fingerprint density at radius 1 is 1.22 bits per heavy atom. The minimum absolute atomic E-state index is 0.859. The van der Waals surface area contributed by atoms with Crippen molar-refractivity contribution in [2.45, 2.75) is 6.42 Å². The molecule has 0 aromatic carbocycles. The van der Waals surface area contributed by atoms with Gasteiger partial charge in [-0.1, -0.05) is 0 Å². The van der Waals surface area contributed by atoms with Gasteiger partial charge in [-0.2, -0.15) is 0 Å². The topological polar surface area (TPSA) is 29.8 Å². The summed E-state index contributed by atoms with van der Waals surface area (Å²) in [6, 6.07) is 4.05. The zero-order valence-electron chi connectivity index (χ0n) is 10.2. The first kappa shape index (κ1) is 12.1. The average Bonchev–Trinajstić information content (AvgIpc) is 2.79. The molecular formula is C13H16BrN3O. The molecule has 0 radical (unpaired) electrons. The fourth-order valence-corrected chi connectivity index (χ4v) is 2.59. The van der Waals surface area contributed by atoms with Crippen molar-refractivity contribution in [2.75, 3.05) is 32.8 Å². The van der Waals surface area contributed by atoms with E-state index >= 15 is 0 Å². The Bertz CT molecular complexity index is 534. The third kappa shape index (κ3) is 2.74. The second-order valence-electron chi connectivity index (χ2n) is 4.55. The third-order valence-electron chi connectivity index (χ3n) is 3.25. The van der Waals surface area contributed by atoms with E-state index in [2.05, 4.69) is 36.4 Å². The number of nitrogens with zero attached hydrogens (tertiary/aromatic N) is 3. The van der Waals surface area contributed by atoms with Crippen LogP contribution in [0, 0.1) is 0 Å². The van der Waals surface area contributed by atoms with E-state index in [0.29, 0.717) is 0 Å². The van der Waals surface area contributed by atoms with Gasteiger partial charge >= 0.3 is 0 Å². The Morgan fingerprint density at radius 2 is 2.06 bits per heavy atom. The molecule has 0 bridgehead atoms. The Kier molecular flexibility index (Phi) is 3.63. The molecule has 0 saturated carbocycles. The molecule has 1 saturated heterocycles. The number of hydrogen-bond acceptors (Lipinski definition) is 3. The highest BCUT2D eigenvalue weighted by Gasteiger charge is 2.10. The molecule has 3 rings (SSSR count). The van der Waals surface area contributed by atoms with E-state index in [1.54, 1.807) is 0 Å². The first-order valence-corrected chi connectivity index (χ1v) is 7.04. The van der Waals surface area contributed by atoms with Crippen LogP contribution in [-0.4, -0.2) is 47.1 Å². The summed E-state index contributed by atoms with van der Waals surface area (Å²) >= 11 is 3.47. The van der Waals surface area contributed by atoms with Crippen LogP contribution in [0.5, 0.6) is 0 Å². The van der Waals surface area contributed by atoms with Crippen LogP contribution >= 0.6 is 15.9 Å². The van der Waals surface area contributed by atoms with Gasteiger partial charge in [0.15, 0.2) is 0 Å². The number of hydrogen-bond donors (Lipinski definition) is 0. The van der Waals surface area contributed by atoms with Crippen molar-refractivity contribution in [1.29, 1.82) is 0 Å². The van der Waals surface area contributed by atoms with Crippen molar-refractivity contribution < 1.29 is 4.74 Å². The van der Waals surface area contributed by atoms with Crippen molar-refractivity contribution >= 4 is 21.6 Å². The van der Waals surface area contributed by atoms with Crippen molar-refractivity contribution in [2.24, 2.45) is 0 Å². The normalized spacial score (nSPS) is 17.4. The molecule has 0 spiro atoms. The molecule has 0 N–H and O–H groups in total. The number of halogens is 1. The van der Waals surface area contributed by atoms with E-state index in [1.807, 2.05) is 18.3 Å². The number of rotatable bonds is 3. The maximum absolute atomic E-state index is 5.35. The van der Waals surface area contributed by atoms with Crippen molar-refractivity contribution in [1.82, 2.24) is 14.3 Å². The van der Waals surface area contributed by atoms with E-state index in [1.165, 1.54) is 0 Å². The summed E-state index contributed by atoms with van der Waals surface area (Å²) in [6.45, 7) is 4.86. The monoisotopic (exact) mass is 309 g/mol. The van der Waals surface area contributed by atoms with E-state index in [-0.39, 0.29) is 0 Å². The highest BCUT2D eigenvalue weighted by atomic mass is 79.9. The summed E-state index contributed by atoms with van der Waals surface area (Å²) in [5.41, 5.74) is 2.16. The van der Waals surface area contributed by atoms with Crippen LogP contribution < -0.4 is 0 Å². The summed E-state index contributed by atoms with van der Waals surface area (Å²) in [7, 11) is 0. The van der Waals surface area contributed by atoms with Gasteiger partial charge in [0, 0.05) is 42.9 Å². The predicted octanol–water partition coefficient (Wildman–Crippen LogP) is 1.97. The van der Waals surface area contributed by atoms with E-state index in [4.69, 9.17) is 4.74 Å². The molecule has 1 aliphatic rings. The highest BCUT2D eigenvalue weighted by molar-refractivity contribution is 9.10. The fraction of sp³-hybridized carbons (Fsp3) is 0.462. The number of pyridine rings is 1. The molecule has 18 heavy (non-hydrogen) atoms. The maximum Gasteiger partial charge on any atom is 0.137 e. The van der Waals surface area contributed by atoms with Crippen LogP contribution in [0.3, 0.4) is 0 Å². The number of imidazole rings is 1. The van der Waals surface area contributed by atoms with Gasteiger partial charge in [0.2, 0.25) is 0 Å². The zero-order chi connectivity index (χ0) is 12.4. The molecule has 0 amide bonds. The summed E-state index contributed by atoms with van der Waals surface area (Å²) in [5, 5.41) is 0.